The zero-order valence-electron chi connectivity index (χ0n) is 5.98. The van der Waals surface area contributed by atoms with Crippen molar-refractivity contribution in [3.63, 3.8) is 0 Å². The zero-order chi connectivity index (χ0) is 7.68. The fourth-order valence-corrected chi connectivity index (χ4v) is 1.62. The van der Waals surface area contributed by atoms with Crippen molar-refractivity contribution >= 4 is 11.3 Å². The van der Waals surface area contributed by atoms with Gasteiger partial charge in [-0.05, 0) is 11.4 Å². The van der Waals surface area contributed by atoms with Gasteiger partial charge in [-0.15, -0.1) is 21.5 Å². The SMILES string of the molecule is Cn1[c]nnc1-c1cccs1. The lowest BCUT2D eigenvalue weighted by atomic mass is 10.4. The molecule has 0 fully saturated rings. The second kappa shape index (κ2) is 2.47. The largest absolute Gasteiger partial charge is 0.307 e. The van der Waals surface area contributed by atoms with Crippen LogP contribution in [-0.4, -0.2) is 14.8 Å². The quantitative estimate of drug-likeness (QED) is 0.636. The summed E-state index contributed by atoms with van der Waals surface area (Å²) in [5.74, 6) is 0.875. The van der Waals surface area contributed by atoms with Crippen molar-refractivity contribution in [2.45, 2.75) is 0 Å². The summed E-state index contributed by atoms with van der Waals surface area (Å²) >= 11 is 1.65. The minimum Gasteiger partial charge on any atom is -0.307 e. The molecule has 2 rings (SSSR count). The molecule has 0 saturated carbocycles. The van der Waals surface area contributed by atoms with Crippen LogP contribution in [0.15, 0.2) is 17.5 Å². The highest BCUT2D eigenvalue weighted by Crippen LogP contribution is 2.20. The maximum absolute atomic E-state index is 3.93. The van der Waals surface area contributed by atoms with Crippen molar-refractivity contribution in [3.05, 3.63) is 23.8 Å². The van der Waals surface area contributed by atoms with E-state index in [2.05, 4.69) is 16.5 Å². The van der Waals surface area contributed by atoms with E-state index in [-0.39, 0.29) is 0 Å². The first-order valence-corrected chi connectivity index (χ1v) is 4.07. The Hall–Kier alpha value is -1.16. The van der Waals surface area contributed by atoms with Gasteiger partial charge in [0.15, 0.2) is 5.82 Å². The van der Waals surface area contributed by atoms with E-state index in [1.54, 1.807) is 15.9 Å². The number of aryl methyl sites for hydroxylation is 1. The Labute approximate surface area is 68.3 Å². The average molecular weight is 164 g/mol. The van der Waals surface area contributed by atoms with Crippen LogP contribution in [0, 0.1) is 6.33 Å². The maximum Gasteiger partial charge on any atom is 0.202 e. The number of thiophene rings is 1. The topological polar surface area (TPSA) is 30.7 Å². The van der Waals surface area contributed by atoms with Gasteiger partial charge in [0.2, 0.25) is 6.33 Å². The average Bonchev–Trinajstić information content (AvgIpc) is 2.55. The predicted molar refractivity (Wildman–Crippen MR) is 43.2 cm³/mol. The third-order valence-electron chi connectivity index (χ3n) is 1.40. The fourth-order valence-electron chi connectivity index (χ4n) is 0.872. The Bertz CT molecular complexity index is 336. The highest BCUT2D eigenvalue weighted by molar-refractivity contribution is 7.13. The number of nitrogens with zero attached hydrogens (tertiary/aromatic N) is 3. The van der Waals surface area contributed by atoms with E-state index in [4.69, 9.17) is 0 Å². The van der Waals surface area contributed by atoms with E-state index in [1.807, 2.05) is 24.6 Å². The molecule has 3 nitrogen and oxygen atoms in total. The van der Waals surface area contributed by atoms with Crippen LogP contribution in [0.3, 0.4) is 0 Å². The fraction of sp³-hybridized carbons (Fsp3) is 0.143. The molecule has 0 amide bonds. The van der Waals surface area contributed by atoms with Crippen LogP contribution < -0.4 is 0 Å². The van der Waals surface area contributed by atoms with E-state index in [0.29, 0.717) is 0 Å². The van der Waals surface area contributed by atoms with Crippen LogP contribution in [-0.2, 0) is 7.05 Å². The highest BCUT2D eigenvalue weighted by Gasteiger charge is 2.03. The Morgan fingerprint density at radius 3 is 3.09 bits per heavy atom. The van der Waals surface area contributed by atoms with E-state index in [9.17, 15) is 0 Å². The molecule has 0 aliphatic heterocycles. The number of hydrogen-bond acceptors (Lipinski definition) is 3. The molecule has 0 N–H and O–H groups in total. The molecule has 0 aliphatic carbocycles. The molecule has 1 radical (unpaired) electrons. The minimum absolute atomic E-state index is 0.875. The van der Waals surface area contributed by atoms with Crippen molar-refractivity contribution in [3.8, 4) is 10.7 Å². The monoisotopic (exact) mass is 164 g/mol. The van der Waals surface area contributed by atoms with Gasteiger partial charge in [0.25, 0.3) is 0 Å². The molecule has 0 spiro atoms. The van der Waals surface area contributed by atoms with Crippen molar-refractivity contribution in [1.29, 1.82) is 0 Å². The van der Waals surface area contributed by atoms with Crippen LogP contribution >= 0.6 is 11.3 Å². The molecule has 2 heterocycles. The molecular weight excluding hydrogens is 158 g/mol. The van der Waals surface area contributed by atoms with Gasteiger partial charge in [-0.25, -0.2) is 0 Å². The first kappa shape index (κ1) is 6.54. The van der Waals surface area contributed by atoms with Crippen LogP contribution in [0.2, 0.25) is 0 Å². The molecule has 0 aromatic carbocycles. The number of aromatic nitrogens is 3. The van der Waals surface area contributed by atoms with Crippen molar-refractivity contribution in [2.24, 2.45) is 7.05 Å². The molecule has 55 valence electrons. The van der Waals surface area contributed by atoms with Crippen LogP contribution in [0.25, 0.3) is 10.7 Å². The predicted octanol–water partition coefficient (Wildman–Crippen LogP) is 1.34. The second-order valence-corrected chi connectivity index (χ2v) is 3.11. The Morgan fingerprint density at radius 1 is 1.64 bits per heavy atom. The number of rotatable bonds is 1. The summed E-state index contributed by atoms with van der Waals surface area (Å²) in [6.07, 6.45) is 2.72. The smallest absolute Gasteiger partial charge is 0.202 e. The summed E-state index contributed by atoms with van der Waals surface area (Å²) in [4.78, 5) is 1.13. The summed E-state index contributed by atoms with van der Waals surface area (Å²) < 4.78 is 1.78. The summed E-state index contributed by atoms with van der Waals surface area (Å²) in [6, 6.07) is 4.01. The molecule has 4 heteroatoms. The van der Waals surface area contributed by atoms with Gasteiger partial charge < -0.3 is 4.57 Å². The molecule has 0 unspecified atom stereocenters. The van der Waals surface area contributed by atoms with E-state index in [0.717, 1.165) is 10.7 Å². The first-order valence-electron chi connectivity index (χ1n) is 3.19. The molecule has 0 bridgehead atoms. The van der Waals surface area contributed by atoms with Crippen molar-refractivity contribution < 1.29 is 0 Å². The zero-order valence-corrected chi connectivity index (χ0v) is 6.80. The van der Waals surface area contributed by atoms with Gasteiger partial charge >= 0.3 is 0 Å². The Balaban J connectivity index is 2.53. The third-order valence-corrected chi connectivity index (χ3v) is 2.26. The van der Waals surface area contributed by atoms with Crippen molar-refractivity contribution in [1.82, 2.24) is 14.8 Å². The van der Waals surface area contributed by atoms with E-state index < -0.39 is 0 Å². The Morgan fingerprint density at radius 2 is 2.55 bits per heavy atom. The summed E-state index contributed by atoms with van der Waals surface area (Å²) in [7, 11) is 1.88. The molecule has 0 atom stereocenters. The summed E-state index contributed by atoms with van der Waals surface area (Å²) in [5.41, 5.74) is 0. The standard InChI is InChI=1S/C7H6N3S/c1-10-5-8-9-7(10)6-3-2-4-11-6/h2-4H,1H3. The highest BCUT2D eigenvalue weighted by atomic mass is 32.1. The second-order valence-electron chi connectivity index (χ2n) is 2.16. The molecule has 2 aromatic heterocycles. The lowest BCUT2D eigenvalue weighted by molar-refractivity contribution is 0.912. The lowest BCUT2D eigenvalue weighted by Crippen LogP contribution is -1.88. The van der Waals surface area contributed by atoms with Crippen LogP contribution in [0.4, 0.5) is 0 Å². The maximum atomic E-state index is 3.93. The van der Waals surface area contributed by atoms with Gasteiger partial charge in [-0.3, -0.25) is 0 Å². The third kappa shape index (κ3) is 1.05. The van der Waals surface area contributed by atoms with Gasteiger partial charge in [0.05, 0.1) is 4.88 Å². The summed E-state index contributed by atoms with van der Waals surface area (Å²) in [5, 5.41) is 9.62. The molecule has 2 aromatic rings. The van der Waals surface area contributed by atoms with Gasteiger partial charge in [-0.1, -0.05) is 6.07 Å². The normalized spacial score (nSPS) is 10.3. The molecule has 0 saturated heterocycles. The Kier molecular flexibility index (Phi) is 1.47. The summed E-state index contributed by atoms with van der Waals surface area (Å²) in [6.45, 7) is 0. The van der Waals surface area contributed by atoms with Gasteiger partial charge in [-0.2, -0.15) is 0 Å². The van der Waals surface area contributed by atoms with Crippen molar-refractivity contribution in [2.75, 3.05) is 0 Å². The molecule has 0 aliphatic rings. The van der Waals surface area contributed by atoms with Gasteiger partial charge in [0, 0.05) is 7.05 Å². The van der Waals surface area contributed by atoms with Crippen LogP contribution in [0.5, 0.6) is 0 Å². The van der Waals surface area contributed by atoms with Crippen LogP contribution in [0.1, 0.15) is 0 Å². The van der Waals surface area contributed by atoms with Gasteiger partial charge in [0.1, 0.15) is 0 Å². The lowest BCUT2D eigenvalue weighted by Gasteiger charge is -1.92. The first-order chi connectivity index (χ1) is 5.38. The number of hydrogen-bond donors (Lipinski definition) is 0. The molecular formula is C7H6N3S. The van der Waals surface area contributed by atoms with E-state index >= 15 is 0 Å². The minimum atomic E-state index is 0.875. The molecule has 11 heavy (non-hydrogen) atoms. The van der Waals surface area contributed by atoms with E-state index in [1.165, 1.54) is 0 Å².